The van der Waals surface area contributed by atoms with Gasteiger partial charge in [-0.05, 0) is 34.9 Å². The Labute approximate surface area is 254 Å². The van der Waals surface area contributed by atoms with Crippen molar-refractivity contribution in [3.63, 3.8) is 0 Å². The summed E-state index contributed by atoms with van der Waals surface area (Å²) >= 11 is 3.47. The molecule has 0 spiro atoms. The highest BCUT2D eigenvalue weighted by molar-refractivity contribution is 8.01. The maximum atomic E-state index is 13.3. The number of oxime groups is 1. The summed E-state index contributed by atoms with van der Waals surface area (Å²) in [7, 11) is 0. The molecule has 2 aromatic heterocycles. The van der Waals surface area contributed by atoms with E-state index < -0.39 is 35.2 Å². The number of tetrazole rings is 1. The van der Waals surface area contributed by atoms with Crippen molar-refractivity contribution in [2.45, 2.75) is 48.5 Å². The molecule has 4 heterocycles. The van der Waals surface area contributed by atoms with Crippen molar-refractivity contribution in [3.8, 4) is 0 Å². The second kappa shape index (κ2) is 13.3. The summed E-state index contributed by atoms with van der Waals surface area (Å²) < 4.78 is 1.31. The molecule has 4 N–H and O–H groups in total. The lowest BCUT2D eigenvalue weighted by Crippen LogP contribution is -2.71. The Balaban J connectivity index is 1.29. The van der Waals surface area contributed by atoms with Gasteiger partial charge in [0.1, 0.15) is 28.9 Å². The number of aryl methyl sites for hydroxylation is 1. The van der Waals surface area contributed by atoms with Gasteiger partial charge in [-0.2, -0.15) is 0 Å². The molecule has 5 rings (SSSR count). The molecule has 0 aromatic carbocycles. The molecular weight excluding hydrogens is 627 g/mol. The smallest absolute Gasteiger partial charge is 0.352 e. The number of aromatic nitrogens is 5. The van der Waals surface area contributed by atoms with Crippen molar-refractivity contribution in [3.05, 3.63) is 34.5 Å². The third-order valence-corrected chi connectivity index (χ3v) is 9.50. The summed E-state index contributed by atoms with van der Waals surface area (Å²) in [6.45, 7) is 0.0435. The highest BCUT2D eigenvalue weighted by Crippen LogP contribution is 2.41. The van der Waals surface area contributed by atoms with Crippen LogP contribution >= 0.6 is 34.9 Å². The third kappa shape index (κ3) is 6.70. The second-order valence-electron chi connectivity index (χ2n) is 9.12. The van der Waals surface area contributed by atoms with E-state index in [-0.39, 0.29) is 52.8 Å². The van der Waals surface area contributed by atoms with Gasteiger partial charge in [-0.3, -0.25) is 24.1 Å². The molecule has 0 radical (unpaired) electrons. The Kier molecular flexibility index (Phi) is 9.36. The number of thioether (sulfide) groups is 2. The molecule has 3 aliphatic rings. The Morgan fingerprint density at radius 1 is 1.30 bits per heavy atom. The lowest BCUT2D eigenvalue weighted by molar-refractivity contribution is -0.150. The maximum absolute atomic E-state index is 13.3. The van der Waals surface area contributed by atoms with Gasteiger partial charge in [-0.15, -0.1) is 28.2 Å². The number of thiazole rings is 1. The predicted octanol–water partition coefficient (Wildman–Crippen LogP) is 0.143. The maximum Gasteiger partial charge on any atom is 0.352 e. The van der Waals surface area contributed by atoms with E-state index in [4.69, 9.17) is 9.94 Å². The van der Waals surface area contributed by atoms with Crippen molar-refractivity contribution >= 4 is 75.9 Å². The number of nitrogens with one attached hydrogen (secondary N) is 2. The molecule has 43 heavy (non-hydrogen) atoms. The molecule has 3 atom stereocenters. The highest BCUT2D eigenvalue weighted by atomic mass is 32.2. The van der Waals surface area contributed by atoms with Crippen LogP contribution in [0.15, 0.2) is 39.1 Å². The van der Waals surface area contributed by atoms with Gasteiger partial charge in [-0.1, -0.05) is 23.0 Å². The van der Waals surface area contributed by atoms with E-state index >= 15 is 0 Å². The number of fused-ring (bicyclic) bond motifs is 1. The number of carbonyl (C=O) groups is 5. The first-order chi connectivity index (χ1) is 20.8. The van der Waals surface area contributed by atoms with E-state index in [9.17, 15) is 29.1 Å². The van der Waals surface area contributed by atoms with E-state index in [1.165, 1.54) is 21.8 Å². The lowest BCUT2D eigenvalue weighted by atomic mass is 10.0. The fraction of sp³-hybridized carbons (Fsp3) is 0.391. The van der Waals surface area contributed by atoms with Gasteiger partial charge in [0, 0.05) is 16.9 Å². The quantitative estimate of drug-likeness (QED) is 0.0533. The minimum absolute atomic E-state index is 0.0435. The normalized spacial score (nSPS) is 21.3. The van der Waals surface area contributed by atoms with Crippen LogP contribution in [0.2, 0.25) is 0 Å². The first-order valence-electron chi connectivity index (χ1n) is 12.6. The molecule has 1 aliphatic carbocycles. The molecule has 1 saturated heterocycles. The van der Waals surface area contributed by atoms with Crippen LogP contribution in [0.4, 0.5) is 5.13 Å². The Morgan fingerprint density at radius 3 is 2.86 bits per heavy atom. The number of anilines is 1. The fourth-order valence-corrected chi connectivity index (χ4v) is 7.36. The van der Waals surface area contributed by atoms with Gasteiger partial charge < -0.3 is 25.7 Å². The van der Waals surface area contributed by atoms with Gasteiger partial charge in [-0.25, -0.2) is 14.5 Å². The predicted molar refractivity (Wildman–Crippen MR) is 152 cm³/mol. The van der Waals surface area contributed by atoms with Gasteiger partial charge in [0.2, 0.25) is 11.6 Å². The van der Waals surface area contributed by atoms with E-state index in [0.717, 1.165) is 34.4 Å². The number of aliphatic carboxylic acids is 2. The summed E-state index contributed by atoms with van der Waals surface area (Å²) in [6, 6.07) is -1.04. The minimum Gasteiger partial charge on any atom is -0.481 e. The molecule has 2 unspecified atom stereocenters. The van der Waals surface area contributed by atoms with Gasteiger partial charge in [0.25, 0.3) is 11.8 Å². The molecule has 2 aromatic rings. The van der Waals surface area contributed by atoms with Crippen LogP contribution in [0, 0.1) is 0 Å². The lowest BCUT2D eigenvalue weighted by Gasteiger charge is -2.49. The number of nitrogens with zero attached hydrogens (tertiary/aromatic N) is 7. The zero-order chi connectivity index (χ0) is 30.5. The Hall–Kier alpha value is -4.30. The number of amides is 3. The van der Waals surface area contributed by atoms with E-state index in [0.29, 0.717) is 23.6 Å². The van der Waals surface area contributed by atoms with Crippen LogP contribution in [-0.4, -0.2) is 105 Å². The number of allylic oxidation sites excluding steroid dienone is 1. The van der Waals surface area contributed by atoms with Crippen molar-refractivity contribution in [1.29, 1.82) is 0 Å². The van der Waals surface area contributed by atoms with Crippen LogP contribution < -0.4 is 10.6 Å². The van der Waals surface area contributed by atoms with Crippen LogP contribution in [0.1, 0.15) is 25.0 Å². The third-order valence-electron chi connectivity index (χ3n) is 6.34. The number of carbonyl (C=O) groups excluding carboxylic acids is 3. The topological polar surface area (TPSA) is 231 Å². The fourth-order valence-electron chi connectivity index (χ4n) is 4.31. The number of hydrogen-bond donors (Lipinski definition) is 4. The van der Waals surface area contributed by atoms with Crippen molar-refractivity contribution in [2.75, 3.05) is 16.8 Å². The first kappa shape index (κ1) is 30.2. The first-order valence-corrected chi connectivity index (χ1v) is 15.6. The SMILES string of the molecule is O=CNc1nc(C(=NOC2C=CCC2)C(=O)NC2C(=O)N3C(C(=O)O)=C(CSc4nnnn4CCC(=O)O)CS[C@@H]23)cs1. The van der Waals surface area contributed by atoms with Gasteiger partial charge in [0.05, 0.1) is 13.0 Å². The van der Waals surface area contributed by atoms with Crippen LogP contribution in [0.3, 0.4) is 0 Å². The zero-order valence-corrected chi connectivity index (χ0v) is 24.4. The monoisotopic (exact) mass is 649 g/mol. The van der Waals surface area contributed by atoms with Crippen molar-refractivity contribution < 1.29 is 39.0 Å². The molecule has 2 aliphatic heterocycles. The molecular formula is C23H23N9O8S3. The zero-order valence-electron chi connectivity index (χ0n) is 22.0. The summed E-state index contributed by atoms with van der Waals surface area (Å²) in [5.74, 6) is -3.30. The van der Waals surface area contributed by atoms with Crippen molar-refractivity contribution in [1.82, 2.24) is 35.4 Å². The van der Waals surface area contributed by atoms with E-state index in [1.807, 2.05) is 12.2 Å². The number of carboxylic acids is 2. The molecule has 17 nitrogen and oxygen atoms in total. The standard InChI is InChI=1S/C23H23N9O8S3/c33-10-24-22-25-13(9-42-22)15(28-40-12-3-1-2-4-12)18(36)26-16-19(37)32-17(21(38)39)11(7-41-20(16)32)8-43-23-27-29-30-31(23)6-5-14(34)35/h1,3,9-10,12,16,20H,2,4-8H2,(H,26,36)(H,34,35)(H,38,39)(H,24,25,33)/t12?,16?,20-/m0/s1. The molecule has 20 heteroatoms. The average Bonchev–Trinajstić information content (AvgIpc) is 3.76. The Bertz CT molecular complexity index is 1540. The largest absolute Gasteiger partial charge is 0.481 e. The van der Waals surface area contributed by atoms with E-state index in [2.05, 4.69) is 36.3 Å². The molecule has 226 valence electrons. The molecule has 3 amide bonds. The molecule has 0 saturated carbocycles. The second-order valence-corrected chi connectivity index (χ2v) is 12.0. The van der Waals surface area contributed by atoms with E-state index in [1.54, 1.807) is 0 Å². The number of rotatable bonds is 14. The number of carboxylic acid groups (broad SMARTS) is 2. The number of β-lactam (4-membered cyclic amide) rings is 1. The summed E-state index contributed by atoms with van der Waals surface area (Å²) in [5.41, 5.74) is 0.187. The van der Waals surface area contributed by atoms with Crippen molar-refractivity contribution in [2.24, 2.45) is 5.16 Å². The highest BCUT2D eigenvalue weighted by Gasteiger charge is 2.54. The van der Waals surface area contributed by atoms with Gasteiger partial charge in [0.15, 0.2) is 10.8 Å². The Morgan fingerprint density at radius 2 is 2.14 bits per heavy atom. The van der Waals surface area contributed by atoms with Crippen LogP contribution in [0.25, 0.3) is 0 Å². The van der Waals surface area contributed by atoms with Crippen LogP contribution in [0.5, 0.6) is 0 Å². The van der Waals surface area contributed by atoms with Gasteiger partial charge >= 0.3 is 11.9 Å². The summed E-state index contributed by atoms with van der Waals surface area (Å²) in [5, 5.41) is 40.5. The summed E-state index contributed by atoms with van der Waals surface area (Å²) in [6.07, 6.45) is 5.16. The summed E-state index contributed by atoms with van der Waals surface area (Å²) in [4.78, 5) is 71.3. The molecule has 0 bridgehead atoms. The van der Waals surface area contributed by atoms with Crippen LogP contribution in [-0.2, 0) is 35.4 Å². The average molecular weight is 650 g/mol. The minimum atomic E-state index is -1.30. The number of hydrogen-bond acceptors (Lipinski definition) is 14. The molecule has 1 fully saturated rings.